The third kappa shape index (κ3) is 5.30. The van der Waals surface area contributed by atoms with Crippen LogP contribution in [0.1, 0.15) is 65.0 Å². The molecule has 1 N–H and O–H groups in total. The molecule has 1 aromatic rings. The number of alkyl halides is 3. The highest BCUT2D eigenvalue weighted by Crippen LogP contribution is 2.64. The van der Waals surface area contributed by atoms with Crippen molar-refractivity contribution in [2.75, 3.05) is 0 Å². The predicted octanol–water partition coefficient (Wildman–Crippen LogP) is 6.15. The molecule has 0 unspecified atom stereocenters. The second-order valence-electron chi connectivity index (χ2n) is 9.23. The minimum absolute atomic E-state index is 0.00348. The minimum atomic E-state index is -4.80. The number of fused-ring (bicyclic) bond motifs is 1. The first kappa shape index (κ1) is 25.8. The molecule has 10 heteroatoms. The Morgan fingerprint density at radius 1 is 1.12 bits per heavy atom. The van der Waals surface area contributed by atoms with Crippen molar-refractivity contribution >= 4 is 7.59 Å². The Morgan fingerprint density at radius 3 is 2.00 bits per heavy atom. The van der Waals surface area contributed by atoms with Crippen LogP contribution in [0.4, 0.5) is 13.2 Å². The molecule has 0 radical (unpaired) electrons. The molecule has 1 saturated carbocycles. The zero-order valence-electron chi connectivity index (χ0n) is 19.5. The summed E-state index contributed by atoms with van der Waals surface area (Å²) in [5.74, 6) is -0.362. The zero-order valence-corrected chi connectivity index (χ0v) is 20.4. The third-order valence-electron chi connectivity index (χ3n) is 6.29. The second kappa shape index (κ2) is 9.79. The molecule has 2 fully saturated rings. The predicted molar refractivity (Wildman–Crippen MR) is 121 cm³/mol. The van der Waals surface area contributed by atoms with E-state index in [9.17, 15) is 23.0 Å². The van der Waals surface area contributed by atoms with E-state index in [1.165, 1.54) is 24.3 Å². The first-order valence-electron chi connectivity index (χ1n) is 11.3. The van der Waals surface area contributed by atoms with Gasteiger partial charge in [0.1, 0.15) is 5.75 Å². The van der Waals surface area contributed by atoms with Gasteiger partial charge >= 0.3 is 6.36 Å². The van der Waals surface area contributed by atoms with Gasteiger partial charge < -0.3 is 4.74 Å². The van der Waals surface area contributed by atoms with Crippen molar-refractivity contribution in [3.63, 3.8) is 0 Å². The van der Waals surface area contributed by atoms with Crippen molar-refractivity contribution in [3.8, 4) is 11.8 Å². The van der Waals surface area contributed by atoms with Crippen LogP contribution in [0.5, 0.6) is 5.75 Å². The normalized spacial score (nSPS) is 24.5. The number of nitrogens with zero attached hydrogens (tertiary/aromatic N) is 3. The third-order valence-corrected chi connectivity index (χ3v) is 9.66. The maximum atomic E-state index is 14.8. The molecule has 33 heavy (non-hydrogen) atoms. The number of hydrogen-bond acceptors (Lipinski definition) is 3. The average Bonchev–Trinajstić information content (AvgIpc) is 2.99. The molecule has 3 atom stereocenters. The van der Waals surface area contributed by atoms with Gasteiger partial charge in [-0.1, -0.05) is 31.6 Å². The Balaban J connectivity index is 2.01. The van der Waals surface area contributed by atoms with Gasteiger partial charge in [-0.05, 0) is 58.2 Å². The highest BCUT2D eigenvalue weighted by molar-refractivity contribution is 7.57. The molecule has 0 spiro atoms. The van der Waals surface area contributed by atoms with Crippen LogP contribution < -0.4 is 9.82 Å². The first-order valence-corrected chi connectivity index (χ1v) is 12.9. The standard InChI is InChI=1S/C23H32F3N4O2P/c1-15(2)29-20-8-6-7-9-21(20)30(16(3)4)33(29,31)28-22(17(5)14-27)18-10-12-19(13-11-18)32-23(24,25)26/h10-13,15-16,20-22H,5-9H2,1-4H3,(H,28,31)/t20-,21-,22-/m1/s1. The van der Waals surface area contributed by atoms with E-state index in [2.05, 4.69) is 25.7 Å². The highest BCUT2D eigenvalue weighted by atomic mass is 31.2. The first-order chi connectivity index (χ1) is 15.4. The van der Waals surface area contributed by atoms with Crippen molar-refractivity contribution in [1.29, 1.82) is 5.26 Å². The summed E-state index contributed by atoms with van der Waals surface area (Å²) in [6.45, 7) is 11.9. The van der Waals surface area contributed by atoms with Crippen LogP contribution >= 0.6 is 7.59 Å². The van der Waals surface area contributed by atoms with Crippen LogP contribution in [-0.4, -0.2) is 39.9 Å². The van der Waals surface area contributed by atoms with E-state index < -0.39 is 20.0 Å². The van der Waals surface area contributed by atoms with E-state index in [4.69, 9.17) is 0 Å². The number of rotatable bonds is 7. The van der Waals surface area contributed by atoms with Crippen LogP contribution in [-0.2, 0) is 4.57 Å². The molecule has 2 aliphatic rings. The fourth-order valence-electron chi connectivity index (χ4n) is 5.20. The molecule has 0 aromatic heterocycles. The summed E-state index contributed by atoms with van der Waals surface area (Å²) >= 11 is 0. The van der Waals surface area contributed by atoms with Gasteiger partial charge in [-0.25, -0.2) is 14.4 Å². The molecule has 182 valence electrons. The van der Waals surface area contributed by atoms with Crippen molar-refractivity contribution in [2.24, 2.45) is 0 Å². The maximum Gasteiger partial charge on any atom is 0.573 e. The monoisotopic (exact) mass is 484 g/mol. The largest absolute Gasteiger partial charge is 0.573 e. The van der Waals surface area contributed by atoms with Crippen LogP contribution in [0.25, 0.3) is 0 Å². The summed E-state index contributed by atoms with van der Waals surface area (Å²) in [5, 5.41) is 12.9. The Kier molecular flexibility index (Phi) is 7.65. The smallest absolute Gasteiger partial charge is 0.406 e. The molecule has 1 aromatic carbocycles. The topological polar surface area (TPSA) is 68.6 Å². The molecule has 0 amide bonds. The fourth-order valence-corrected chi connectivity index (χ4v) is 8.95. The Bertz CT molecular complexity index is 915. The lowest BCUT2D eigenvalue weighted by Crippen LogP contribution is -2.43. The molecule has 1 aliphatic heterocycles. The van der Waals surface area contributed by atoms with Gasteiger partial charge in [-0.15, -0.1) is 13.2 Å². The van der Waals surface area contributed by atoms with Crippen molar-refractivity contribution in [1.82, 2.24) is 14.4 Å². The summed E-state index contributed by atoms with van der Waals surface area (Å²) in [4.78, 5) is 0. The van der Waals surface area contributed by atoms with Gasteiger partial charge in [0.25, 0.3) is 7.59 Å². The van der Waals surface area contributed by atoms with Crippen LogP contribution in [0, 0.1) is 11.3 Å². The summed E-state index contributed by atoms with van der Waals surface area (Å²) < 4.78 is 60.5. The van der Waals surface area contributed by atoms with Crippen LogP contribution in [0.15, 0.2) is 36.4 Å². The number of halogens is 3. The van der Waals surface area contributed by atoms with Crippen molar-refractivity contribution in [2.45, 2.75) is 89.9 Å². The summed E-state index contributed by atoms with van der Waals surface area (Å²) in [5.41, 5.74) is 0.630. The highest BCUT2D eigenvalue weighted by Gasteiger charge is 2.57. The Hall–Kier alpha value is -1.85. The lowest BCUT2D eigenvalue weighted by molar-refractivity contribution is -0.274. The van der Waals surface area contributed by atoms with Gasteiger partial charge in [0.05, 0.1) is 12.1 Å². The van der Waals surface area contributed by atoms with Gasteiger partial charge in [0.15, 0.2) is 0 Å². The van der Waals surface area contributed by atoms with E-state index in [1.807, 2.05) is 33.8 Å². The number of benzene rings is 1. The van der Waals surface area contributed by atoms with Crippen LogP contribution in [0.3, 0.4) is 0 Å². The molecular formula is C23H32F3N4O2P. The van der Waals surface area contributed by atoms with Gasteiger partial charge in [0, 0.05) is 29.7 Å². The SMILES string of the molecule is C=C(C#N)[C@@H](NP1(=O)N(C(C)C)[C@@H]2CCCC[C@H]2N1C(C)C)c1ccc(OC(F)(F)F)cc1. The molecule has 1 heterocycles. The Labute approximate surface area is 193 Å². The van der Waals surface area contributed by atoms with E-state index >= 15 is 0 Å². The fraction of sp³-hybridized carbons (Fsp3) is 0.609. The van der Waals surface area contributed by atoms with E-state index in [0.29, 0.717) is 5.56 Å². The molecule has 1 aliphatic carbocycles. The lowest BCUT2D eigenvalue weighted by Gasteiger charge is -2.38. The van der Waals surface area contributed by atoms with E-state index in [-0.39, 0.29) is 35.5 Å². The molecule has 3 rings (SSSR count). The summed E-state index contributed by atoms with van der Waals surface area (Å²) in [6, 6.07) is 6.74. The summed E-state index contributed by atoms with van der Waals surface area (Å²) in [6.07, 6.45) is -0.748. The second-order valence-corrected chi connectivity index (χ2v) is 11.5. The lowest BCUT2D eigenvalue weighted by atomic mass is 9.89. The van der Waals surface area contributed by atoms with Crippen molar-refractivity contribution in [3.05, 3.63) is 42.0 Å². The molecular weight excluding hydrogens is 452 g/mol. The van der Waals surface area contributed by atoms with Crippen LogP contribution in [0.2, 0.25) is 0 Å². The average molecular weight is 485 g/mol. The van der Waals surface area contributed by atoms with E-state index in [1.54, 1.807) is 0 Å². The van der Waals surface area contributed by atoms with Gasteiger partial charge in [-0.2, -0.15) is 5.26 Å². The number of hydrogen-bond donors (Lipinski definition) is 1. The van der Waals surface area contributed by atoms with Gasteiger partial charge in [0.2, 0.25) is 0 Å². The van der Waals surface area contributed by atoms with Gasteiger partial charge in [-0.3, -0.25) is 4.57 Å². The van der Waals surface area contributed by atoms with Crippen molar-refractivity contribution < 1.29 is 22.5 Å². The molecule has 6 nitrogen and oxygen atoms in total. The number of nitriles is 1. The minimum Gasteiger partial charge on any atom is -0.406 e. The maximum absolute atomic E-state index is 14.8. The molecule has 1 saturated heterocycles. The zero-order chi connectivity index (χ0) is 24.6. The number of nitrogens with one attached hydrogen (secondary N) is 1. The molecule has 0 bridgehead atoms. The number of ether oxygens (including phenoxy) is 1. The quantitative estimate of drug-likeness (QED) is 0.370. The van der Waals surface area contributed by atoms with E-state index in [0.717, 1.165) is 25.7 Å². The Morgan fingerprint density at radius 2 is 1.61 bits per heavy atom. The summed E-state index contributed by atoms with van der Waals surface area (Å²) in [7, 11) is -3.35.